The van der Waals surface area contributed by atoms with Gasteiger partial charge in [0.1, 0.15) is 0 Å². The average Bonchev–Trinajstić information content (AvgIpc) is 3.05. The lowest BCUT2D eigenvalue weighted by Crippen LogP contribution is -2.73. The first-order valence-corrected chi connectivity index (χ1v) is 14.3. The van der Waals surface area contributed by atoms with E-state index < -0.39 is 5.60 Å². The number of fused-ring (bicyclic) bond motifs is 5. The summed E-state index contributed by atoms with van der Waals surface area (Å²) < 4.78 is 0. The molecule has 34 heavy (non-hydrogen) atoms. The van der Waals surface area contributed by atoms with Crippen molar-refractivity contribution in [2.75, 3.05) is 0 Å². The van der Waals surface area contributed by atoms with Crippen LogP contribution in [-0.4, -0.2) is 38.5 Å². The Kier molecular flexibility index (Phi) is 7.14. The van der Waals surface area contributed by atoms with Crippen LogP contribution in [0, 0.1) is 23.2 Å². The molecule has 0 aromatic carbocycles. The molecule has 3 fully saturated rings. The molecule has 0 aromatic heterocycles. The summed E-state index contributed by atoms with van der Waals surface area (Å²) in [4.78, 5) is 0. The van der Waals surface area contributed by atoms with Gasteiger partial charge in [0, 0.05) is 16.6 Å². The predicted octanol–water partition coefficient (Wildman–Crippen LogP) is 4.53. The minimum atomic E-state index is -0.604. The number of hydrogen-bond acceptors (Lipinski definition) is 5. The normalized spacial score (nSPS) is 46.6. The van der Waals surface area contributed by atoms with Crippen LogP contribution >= 0.6 is 0 Å². The van der Waals surface area contributed by atoms with Gasteiger partial charge in [-0.25, -0.2) is 0 Å². The molecular weight excluding hydrogens is 422 g/mol. The standard InChI is InChI=1S/C29H53N3O2/c1-5-6-7-13-25(3,34)14-8-20(2)29(32)18-12-23-26(29,4)15-11-24-27(30)17-10-22(33)19-21(27)9-16-28(23,24)31/h9,20,22-24,33-34H,5-8,10-19,30-32H2,1-4H3/t20-,22+,23-,24-,25?,26+,27-,28-,29+/m1/s1. The highest BCUT2D eigenvalue weighted by Gasteiger charge is 2.68. The number of rotatable bonds is 8. The lowest BCUT2D eigenvalue weighted by atomic mass is 9.45. The lowest BCUT2D eigenvalue weighted by molar-refractivity contribution is -0.0654. The maximum Gasteiger partial charge on any atom is 0.0619 e. The zero-order valence-corrected chi connectivity index (χ0v) is 22.4. The van der Waals surface area contributed by atoms with Gasteiger partial charge in [0.2, 0.25) is 0 Å². The van der Waals surface area contributed by atoms with Crippen molar-refractivity contribution in [2.24, 2.45) is 40.4 Å². The number of aliphatic hydroxyl groups excluding tert-OH is 1. The minimum Gasteiger partial charge on any atom is -0.393 e. The SMILES string of the molecule is CCCCCC(C)(O)CC[C@@H](C)[C@@]1(N)CC[C@H]2[C@]3(N)CC=C4C[C@@H](O)CC[C@]4(N)[C@H]3CC[C@@]21C. The molecular formula is C29H53N3O2. The first-order chi connectivity index (χ1) is 15.8. The van der Waals surface area contributed by atoms with Crippen LogP contribution in [0.5, 0.6) is 0 Å². The second-order valence-electron chi connectivity index (χ2n) is 13.5. The van der Waals surface area contributed by atoms with Gasteiger partial charge in [0.25, 0.3) is 0 Å². The maximum atomic E-state index is 11.0. The molecule has 5 nitrogen and oxygen atoms in total. The van der Waals surface area contributed by atoms with Crippen molar-refractivity contribution in [2.45, 2.75) is 146 Å². The Hall–Kier alpha value is -0.460. The maximum absolute atomic E-state index is 11.0. The number of unbranched alkanes of at least 4 members (excludes halogenated alkanes) is 2. The fourth-order valence-electron chi connectivity index (χ4n) is 9.12. The second-order valence-corrected chi connectivity index (χ2v) is 13.5. The molecule has 0 saturated heterocycles. The van der Waals surface area contributed by atoms with Crippen molar-refractivity contribution in [1.82, 2.24) is 0 Å². The molecule has 1 unspecified atom stereocenters. The summed E-state index contributed by atoms with van der Waals surface area (Å²) in [6, 6.07) is 0. The Morgan fingerprint density at radius 1 is 1.06 bits per heavy atom. The smallest absolute Gasteiger partial charge is 0.0619 e. The van der Waals surface area contributed by atoms with Gasteiger partial charge in [-0.15, -0.1) is 0 Å². The van der Waals surface area contributed by atoms with Gasteiger partial charge in [-0.05, 0) is 101 Å². The van der Waals surface area contributed by atoms with Crippen LogP contribution in [0.15, 0.2) is 11.6 Å². The summed E-state index contributed by atoms with van der Waals surface area (Å²) in [5.74, 6) is 0.968. The molecule has 4 aliphatic rings. The number of hydrogen-bond donors (Lipinski definition) is 5. The molecule has 0 spiro atoms. The van der Waals surface area contributed by atoms with Gasteiger partial charge in [-0.2, -0.15) is 0 Å². The summed E-state index contributed by atoms with van der Waals surface area (Å²) in [6.45, 7) is 8.94. The Morgan fingerprint density at radius 2 is 1.76 bits per heavy atom. The summed E-state index contributed by atoms with van der Waals surface area (Å²) in [5.41, 5.74) is 21.6. The van der Waals surface area contributed by atoms with E-state index in [1.54, 1.807) is 0 Å². The van der Waals surface area contributed by atoms with Crippen molar-refractivity contribution in [3.63, 3.8) is 0 Å². The molecule has 3 saturated carbocycles. The fourth-order valence-corrected chi connectivity index (χ4v) is 9.12. The molecule has 0 aliphatic heterocycles. The zero-order valence-electron chi connectivity index (χ0n) is 22.4. The molecule has 4 aliphatic carbocycles. The highest BCUT2D eigenvalue weighted by molar-refractivity contribution is 5.35. The van der Waals surface area contributed by atoms with Gasteiger partial charge in [-0.3, -0.25) is 0 Å². The first-order valence-electron chi connectivity index (χ1n) is 14.3. The topological polar surface area (TPSA) is 119 Å². The average molecular weight is 476 g/mol. The highest BCUT2D eigenvalue weighted by Crippen LogP contribution is 2.66. The summed E-state index contributed by atoms with van der Waals surface area (Å²) in [7, 11) is 0. The van der Waals surface area contributed by atoms with Crippen LogP contribution in [0.25, 0.3) is 0 Å². The molecule has 5 heteroatoms. The third-order valence-corrected chi connectivity index (χ3v) is 11.5. The van der Waals surface area contributed by atoms with E-state index in [1.165, 1.54) is 18.4 Å². The van der Waals surface area contributed by atoms with Crippen molar-refractivity contribution in [3.8, 4) is 0 Å². The van der Waals surface area contributed by atoms with Crippen LogP contribution < -0.4 is 17.2 Å². The van der Waals surface area contributed by atoms with Crippen LogP contribution in [-0.2, 0) is 0 Å². The Bertz CT molecular complexity index is 783. The van der Waals surface area contributed by atoms with Crippen LogP contribution in [0.3, 0.4) is 0 Å². The van der Waals surface area contributed by atoms with Crippen molar-refractivity contribution in [1.29, 1.82) is 0 Å². The molecule has 4 rings (SSSR count). The monoisotopic (exact) mass is 475 g/mol. The van der Waals surface area contributed by atoms with Crippen LogP contribution in [0.4, 0.5) is 0 Å². The van der Waals surface area contributed by atoms with E-state index in [1.807, 2.05) is 6.92 Å². The molecule has 0 amide bonds. The summed E-state index contributed by atoms with van der Waals surface area (Å²) in [5, 5.41) is 21.2. The van der Waals surface area contributed by atoms with Crippen molar-refractivity contribution >= 4 is 0 Å². The predicted molar refractivity (Wildman–Crippen MR) is 140 cm³/mol. The van der Waals surface area contributed by atoms with Gasteiger partial charge >= 0.3 is 0 Å². The van der Waals surface area contributed by atoms with Crippen LogP contribution in [0.1, 0.15) is 118 Å². The van der Waals surface area contributed by atoms with E-state index in [9.17, 15) is 10.2 Å². The van der Waals surface area contributed by atoms with E-state index >= 15 is 0 Å². The van der Waals surface area contributed by atoms with E-state index in [0.717, 1.165) is 70.6 Å². The summed E-state index contributed by atoms with van der Waals surface area (Å²) in [6.07, 6.45) is 15.5. The number of nitrogens with two attached hydrogens (primary N) is 3. The second kappa shape index (κ2) is 9.13. The van der Waals surface area contributed by atoms with E-state index in [-0.39, 0.29) is 34.1 Å². The highest BCUT2D eigenvalue weighted by atomic mass is 16.3. The first kappa shape index (κ1) is 26.6. The van der Waals surface area contributed by atoms with E-state index in [0.29, 0.717) is 18.3 Å². The molecule has 8 N–H and O–H groups in total. The van der Waals surface area contributed by atoms with Crippen molar-refractivity contribution < 1.29 is 10.2 Å². The molecule has 0 radical (unpaired) electrons. The van der Waals surface area contributed by atoms with Gasteiger partial charge in [0.05, 0.1) is 11.7 Å². The molecule has 0 aromatic rings. The van der Waals surface area contributed by atoms with E-state index in [4.69, 9.17) is 17.2 Å². The largest absolute Gasteiger partial charge is 0.393 e. The Morgan fingerprint density at radius 3 is 2.47 bits per heavy atom. The lowest BCUT2D eigenvalue weighted by Gasteiger charge is -2.64. The molecule has 196 valence electrons. The summed E-state index contributed by atoms with van der Waals surface area (Å²) >= 11 is 0. The van der Waals surface area contributed by atoms with Crippen molar-refractivity contribution in [3.05, 3.63) is 11.6 Å². The van der Waals surface area contributed by atoms with Gasteiger partial charge in [-0.1, -0.05) is 51.7 Å². The quantitative estimate of drug-likeness (QED) is 0.261. The fraction of sp³-hybridized carbons (Fsp3) is 0.931. The Labute approximate surface area is 208 Å². The Balaban J connectivity index is 1.51. The minimum absolute atomic E-state index is 0.0123. The molecule has 0 bridgehead atoms. The number of aliphatic hydroxyl groups is 2. The zero-order chi connectivity index (χ0) is 25.0. The van der Waals surface area contributed by atoms with Gasteiger partial charge in [0.15, 0.2) is 0 Å². The van der Waals surface area contributed by atoms with Gasteiger partial charge < -0.3 is 27.4 Å². The molecule has 0 heterocycles. The van der Waals surface area contributed by atoms with E-state index in [2.05, 4.69) is 26.8 Å². The third kappa shape index (κ3) is 4.12. The molecule has 9 atom stereocenters. The third-order valence-electron chi connectivity index (χ3n) is 11.5. The van der Waals surface area contributed by atoms with Crippen LogP contribution in [0.2, 0.25) is 0 Å².